The largest absolute Gasteiger partial charge is 0.353 e. The third-order valence-corrected chi connectivity index (χ3v) is 2.28. The van der Waals surface area contributed by atoms with E-state index in [-0.39, 0.29) is 31.4 Å². The fraction of sp³-hybridized carbons (Fsp3) is 0.714. The number of piperazine rings is 1. The number of rotatable bonds is 0. The normalized spacial score (nSPS) is 27.7. The van der Waals surface area contributed by atoms with Gasteiger partial charge in [0.1, 0.15) is 6.04 Å². The Morgan fingerprint density at radius 3 is 2.83 bits per heavy atom. The Bertz CT molecular complexity index is 219. The molecular formula is C7H12N2O2S. The van der Waals surface area contributed by atoms with E-state index >= 15 is 0 Å². The van der Waals surface area contributed by atoms with Crippen LogP contribution in [0.1, 0.15) is 12.8 Å². The van der Waals surface area contributed by atoms with E-state index in [4.69, 9.17) is 0 Å². The van der Waals surface area contributed by atoms with Gasteiger partial charge in [0, 0.05) is 19.5 Å². The summed E-state index contributed by atoms with van der Waals surface area (Å²) in [5, 5.41) is 2.74. The highest BCUT2D eigenvalue weighted by atomic mass is 32.1. The third-order valence-electron chi connectivity index (χ3n) is 2.28. The predicted molar refractivity (Wildman–Crippen MR) is 48.1 cm³/mol. The van der Waals surface area contributed by atoms with Crippen LogP contribution in [0.2, 0.25) is 0 Å². The van der Waals surface area contributed by atoms with Gasteiger partial charge in [-0.2, -0.15) is 13.5 Å². The number of fused-ring (bicyclic) bond motifs is 1. The van der Waals surface area contributed by atoms with Crippen LogP contribution in [0.4, 0.5) is 0 Å². The van der Waals surface area contributed by atoms with Crippen LogP contribution in [0.5, 0.6) is 0 Å². The van der Waals surface area contributed by atoms with Gasteiger partial charge in [0.2, 0.25) is 11.8 Å². The molecule has 5 heteroatoms. The second kappa shape index (κ2) is 3.35. The first-order valence-corrected chi connectivity index (χ1v) is 3.86. The van der Waals surface area contributed by atoms with Crippen LogP contribution in [-0.4, -0.2) is 35.8 Å². The smallest absolute Gasteiger partial charge is 0.242 e. The molecule has 0 radical (unpaired) electrons. The van der Waals surface area contributed by atoms with Gasteiger partial charge in [0.05, 0.1) is 0 Å². The topological polar surface area (TPSA) is 49.4 Å². The van der Waals surface area contributed by atoms with Crippen LogP contribution in [0.15, 0.2) is 0 Å². The molecular weight excluding hydrogens is 176 g/mol. The molecule has 2 amide bonds. The minimum atomic E-state index is -0.156. The van der Waals surface area contributed by atoms with E-state index in [0.717, 1.165) is 0 Å². The molecule has 2 aliphatic heterocycles. The average molecular weight is 188 g/mol. The van der Waals surface area contributed by atoms with E-state index in [9.17, 15) is 9.59 Å². The van der Waals surface area contributed by atoms with Gasteiger partial charge >= 0.3 is 0 Å². The van der Waals surface area contributed by atoms with Crippen LogP contribution in [0.25, 0.3) is 0 Å². The van der Waals surface area contributed by atoms with Crippen LogP contribution in [0.3, 0.4) is 0 Å². The van der Waals surface area contributed by atoms with Crippen molar-refractivity contribution in [3.8, 4) is 0 Å². The molecule has 2 rings (SSSR count). The van der Waals surface area contributed by atoms with Crippen molar-refractivity contribution in [3.05, 3.63) is 0 Å². The molecule has 0 aromatic heterocycles. The van der Waals surface area contributed by atoms with Gasteiger partial charge in [-0.1, -0.05) is 0 Å². The standard InChI is InChI=1S/C7H10N2O2.H2S/c10-6-2-1-5-7(11)8-3-4-9(5)6;/h5H,1-4H2,(H,8,11);1H2/t5-;/m0./s1. The van der Waals surface area contributed by atoms with Gasteiger partial charge in [0.15, 0.2) is 0 Å². The number of amides is 2. The quantitative estimate of drug-likeness (QED) is 0.542. The molecule has 0 aromatic rings. The maximum atomic E-state index is 11.1. The number of carbonyl (C=O) groups excluding carboxylic acids is 2. The number of carbonyl (C=O) groups is 2. The van der Waals surface area contributed by atoms with E-state index < -0.39 is 0 Å². The van der Waals surface area contributed by atoms with Gasteiger partial charge in [-0.15, -0.1) is 0 Å². The van der Waals surface area contributed by atoms with E-state index in [1.165, 1.54) is 0 Å². The van der Waals surface area contributed by atoms with E-state index in [1.54, 1.807) is 4.90 Å². The highest BCUT2D eigenvalue weighted by Crippen LogP contribution is 2.19. The molecule has 0 aromatic carbocycles. The van der Waals surface area contributed by atoms with Gasteiger partial charge in [-0.25, -0.2) is 0 Å². The molecule has 1 N–H and O–H groups in total. The lowest BCUT2D eigenvalue weighted by Crippen LogP contribution is -2.53. The molecule has 2 saturated heterocycles. The lowest BCUT2D eigenvalue weighted by Gasteiger charge is -2.28. The number of nitrogens with zero attached hydrogens (tertiary/aromatic N) is 1. The SMILES string of the molecule is O=C1NCCN2C(=O)CC[C@@H]12.S. The first-order chi connectivity index (χ1) is 5.29. The molecule has 4 nitrogen and oxygen atoms in total. The van der Waals surface area contributed by atoms with Crippen LogP contribution in [-0.2, 0) is 9.59 Å². The Morgan fingerprint density at radius 2 is 2.17 bits per heavy atom. The van der Waals surface area contributed by atoms with Crippen molar-refractivity contribution >= 4 is 25.3 Å². The van der Waals surface area contributed by atoms with Crippen LogP contribution >= 0.6 is 13.5 Å². The third kappa shape index (κ3) is 1.29. The van der Waals surface area contributed by atoms with Gasteiger partial charge in [-0.3, -0.25) is 9.59 Å². The van der Waals surface area contributed by atoms with Gasteiger partial charge < -0.3 is 10.2 Å². The van der Waals surface area contributed by atoms with Crippen molar-refractivity contribution in [2.45, 2.75) is 18.9 Å². The van der Waals surface area contributed by atoms with Crippen LogP contribution < -0.4 is 5.32 Å². The van der Waals surface area contributed by atoms with E-state index in [2.05, 4.69) is 5.32 Å². The zero-order chi connectivity index (χ0) is 7.84. The Morgan fingerprint density at radius 1 is 1.42 bits per heavy atom. The molecule has 0 bridgehead atoms. The number of hydrogen-bond acceptors (Lipinski definition) is 2. The van der Waals surface area contributed by atoms with Crippen LogP contribution in [0, 0.1) is 0 Å². The minimum absolute atomic E-state index is 0. The number of nitrogens with one attached hydrogen (secondary N) is 1. The van der Waals surface area contributed by atoms with Crippen molar-refractivity contribution in [3.63, 3.8) is 0 Å². The Kier molecular flexibility index (Phi) is 2.62. The summed E-state index contributed by atoms with van der Waals surface area (Å²) >= 11 is 0. The maximum absolute atomic E-state index is 11.1. The fourth-order valence-corrected chi connectivity index (χ4v) is 1.70. The molecule has 68 valence electrons. The summed E-state index contributed by atoms with van der Waals surface area (Å²) in [5.41, 5.74) is 0. The summed E-state index contributed by atoms with van der Waals surface area (Å²) in [6.45, 7) is 1.30. The fourth-order valence-electron chi connectivity index (χ4n) is 1.70. The van der Waals surface area contributed by atoms with E-state index in [0.29, 0.717) is 25.9 Å². The Balaban J connectivity index is 0.000000720. The molecule has 0 saturated carbocycles. The van der Waals surface area contributed by atoms with Crippen molar-refractivity contribution in [2.24, 2.45) is 0 Å². The monoisotopic (exact) mass is 188 g/mol. The van der Waals surface area contributed by atoms with E-state index in [1.807, 2.05) is 0 Å². The van der Waals surface area contributed by atoms with Crippen molar-refractivity contribution in [1.82, 2.24) is 10.2 Å². The molecule has 0 spiro atoms. The summed E-state index contributed by atoms with van der Waals surface area (Å²) in [7, 11) is 0. The zero-order valence-corrected chi connectivity index (χ0v) is 7.67. The van der Waals surface area contributed by atoms with Crippen molar-refractivity contribution in [2.75, 3.05) is 13.1 Å². The summed E-state index contributed by atoms with van der Waals surface area (Å²) < 4.78 is 0. The zero-order valence-electron chi connectivity index (χ0n) is 6.67. The van der Waals surface area contributed by atoms with Crippen molar-refractivity contribution < 1.29 is 9.59 Å². The summed E-state index contributed by atoms with van der Waals surface area (Å²) in [4.78, 5) is 23.9. The molecule has 0 aliphatic carbocycles. The lowest BCUT2D eigenvalue weighted by molar-refractivity contribution is -0.137. The molecule has 12 heavy (non-hydrogen) atoms. The minimum Gasteiger partial charge on any atom is -0.353 e. The summed E-state index contributed by atoms with van der Waals surface area (Å²) in [6, 6.07) is -0.156. The molecule has 2 heterocycles. The predicted octanol–water partition coefficient (Wildman–Crippen LogP) is -0.780. The molecule has 2 fully saturated rings. The maximum Gasteiger partial charge on any atom is 0.242 e. The Labute approximate surface area is 77.7 Å². The van der Waals surface area contributed by atoms with Gasteiger partial charge in [0.25, 0.3) is 0 Å². The highest BCUT2D eigenvalue weighted by molar-refractivity contribution is 7.59. The molecule has 2 aliphatic rings. The highest BCUT2D eigenvalue weighted by Gasteiger charge is 2.37. The molecule has 0 unspecified atom stereocenters. The second-order valence-corrected chi connectivity index (χ2v) is 2.93. The molecule has 1 atom stereocenters. The second-order valence-electron chi connectivity index (χ2n) is 2.93. The first kappa shape index (κ1) is 9.38. The van der Waals surface area contributed by atoms with Gasteiger partial charge in [-0.05, 0) is 6.42 Å². The summed E-state index contributed by atoms with van der Waals surface area (Å²) in [6.07, 6.45) is 1.24. The summed E-state index contributed by atoms with van der Waals surface area (Å²) in [5.74, 6) is 0.145. The average Bonchev–Trinajstić information content (AvgIpc) is 2.35. The lowest BCUT2D eigenvalue weighted by atomic mass is 10.2. The first-order valence-electron chi connectivity index (χ1n) is 3.86. The number of hydrogen-bond donors (Lipinski definition) is 1. The Hall–Kier alpha value is -0.710. The van der Waals surface area contributed by atoms with Crippen molar-refractivity contribution in [1.29, 1.82) is 0 Å².